The average Bonchev–Trinajstić information content (AvgIpc) is 3.53. The van der Waals surface area contributed by atoms with E-state index in [1.807, 2.05) is 25.4 Å². The first kappa shape index (κ1) is 21.0. The van der Waals surface area contributed by atoms with E-state index in [1.165, 1.54) is 31.2 Å². The normalized spacial score (nSPS) is 27.3. The van der Waals surface area contributed by atoms with Crippen LogP contribution in [0.25, 0.3) is 0 Å². The lowest BCUT2D eigenvalue weighted by atomic mass is 9.77. The van der Waals surface area contributed by atoms with Gasteiger partial charge in [0.15, 0.2) is 0 Å². The van der Waals surface area contributed by atoms with Gasteiger partial charge < -0.3 is 9.64 Å². The second-order valence-electron chi connectivity index (χ2n) is 9.75. The summed E-state index contributed by atoms with van der Waals surface area (Å²) in [5.41, 5.74) is 0.963. The molecule has 3 heterocycles. The summed E-state index contributed by atoms with van der Waals surface area (Å²) in [6.07, 6.45) is 7.91. The third kappa shape index (κ3) is 4.00. The molecule has 0 radical (unpaired) electrons. The SMILES string of the molecule is CC(C)Oc1ccc(CN2C[C@H](c3nccs3)[C@@]3(CCN(C4CCCC4)C3=O)C2)cc1. The van der Waals surface area contributed by atoms with Gasteiger partial charge in [0.2, 0.25) is 5.91 Å². The second kappa shape index (κ2) is 8.55. The fourth-order valence-corrected chi connectivity index (χ4v) is 6.75. The molecule has 1 saturated carbocycles. The van der Waals surface area contributed by atoms with E-state index in [-0.39, 0.29) is 17.4 Å². The van der Waals surface area contributed by atoms with Crippen molar-refractivity contribution >= 4 is 17.2 Å². The number of aromatic nitrogens is 1. The van der Waals surface area contributed by atoms with Crippen LogP contribution in [0.5, 0.6) is 5.75 Å². The summed E-state index contributed by atoms with van der Waals surface area (Å²) in [5.74, 6) is 1.51. The largest absolute Gasteiger partial charge is 0.491 e. The maximum atomic E-state index is 13.8. The smallest absolute Gasteiger partial charge is 0.231 e. The minimum absolute atomic E-state index is 0.180. The van der Waals surface area contributed by atoms with Crippen molar-refractivity contribution in [2.24, 2.45) is 5.41 Å². The van der Waals surface area contributed by atoms with Crippen molar-refractivity contribution in [1.29, 1.82) is 0 Å². The van der Waals surface area contributed by atoms with Crippen LogP contribution >= 0.6 is 11.3 Å². The van der Waals surface area contributed by atoms with Crippen molar-refractivity contribution in [2.75, 3.05) is 19.6 Å². The van der Waals surface area contributed by atoms with Crippen molar-refractivity contribution < 1.29 is 9.53 Å². The van der Waals surface area contributed by atoms with E-state index in [9.17, 15) is 4.79 Å². The number of rotatable bonds is 6. The molecule has 2 atom stereocenters. The highest BCUT2D eigenvalue weighted by molar-refractivity contribution is 7.09. The predicted molar refractivity (Wildman–Crippen MR) is 123 cm³/mol. The highest BCUT2D eigenvalue weighted by Gasteiger charge is 2.58. The van der Waals surface area contributed by atoms with E-state index in [2.05, 4.69) is 39.0 Å². The number of hydrogen-bond acceptors (Lipinski definition) is 5. The Hall–Kier alpha value is -1.92. The minimum Gasteiger partial charge on any atom is -0.491 e. The van der Waals surface area contributed by atoms with Crippen LogP contribution in [0.4, 0.5) is 0 Å². The third-order valence-electron chi connectivity index (χ3n) is 7.32. The van der Waals surface area contributed by atoms with Gasteiger partial charge in [-0.25, -0.2) is 4.98 Å². The molecule has 1 amide bonds. The second-order valence-corrected chi connectivity index (χ2v) is 10.7. The van der Waals surface area contributed by atoms with Gasteiger partial charge in [0.1, 0.15) is 5.75 Å². The first-order chi connectivity index (χ1) is 15.0. The maximum Gasteiger partial charge on any atom is 0.231 e. The molecule has 2 aliphatic heterocycles. The van der Waals surface area contributed by atoms with Crippen LogP contribution in [0, 0.1) is 5.41 Å². The van der Waals surface area contributed by atoms with E-state index in [1.54, 1.807) is 11.3 Å². The Morgan fingerprint density at radius 3 is 2.68 bits per heavy atom. The lowest BCUT2D eigenvalue weighted by Gasteiger charge is -2.30. The Balaban J connectivity index is 1.35. The molecule has 0 N–H and O–H groups in total. The van der Waals surface area contributed by atoms with Crippen molar-refractivity contribution in [3.05, 3.63) is 46.4 Å². The van der Waals surface area contributed by atoms with Crippen molar-refractivity contribution in [3.63, 3.8) is 0 Å². The average molecular weight is 440 g/mol. The molecule has 1 aromatic heterocycles. The Labute approximate surface area is 189 Å². The topological polar surface area (TPSA) is 45.7 Å². The van der Waals surface area contributed by atoms with Crippen LogP contribution < -0.4 is 4.74 Å². The Morgan fingerprint density at radius 2 is 2.00 bits per heavy atom. The zero-order valence-electron chi connectivity index (χ0n) is 18.6. The molecule has 0 unspecified atom stereocenters. The van der Waals surface area contributed by atoms with Crippen molar-refractivity contribution in [2.45, 2.75) is 70.6 Å². The van der Waals surface area contributed by atoms with Crippen LogP contribution in [0.15, 0.2) is 35.8 Å². The molecule has 166 valence electrons. The Kier molecular flexibility index (Phi) is 5.78. The molecular weight excluding hydrogens is 406 g/mol. The molecule has 5 rings (SSSR count). The number of carbonyl (C=O) groups is 1. The maximum absolute atomic E-state index is 13.8. The predicted octanol–water partition coefficient (Wildman–Crippen LogP) is 4.69. The Bertz CT molecular complexity index is 892. The van der Waals surface area contributed by atoms with Crippen LogP contribution in [-0.4, -0.2) is 52.5 Å². The summed E-state index contributed by atoms with van der Waals surface area (Å²) in [7, 11) is 0. The number of benzene rings is 1. The molecule has 1 aliphatic carbocycles. The Morgan fingerprint density at radius 1 is 1.23 bits per heavy atom. The molecule has 5 nitrogen and oxygen atoms in total. The monoisotopic (exact) mass is 439 g/mol. The first-order valence-corrected chi connectivity index (χ1v) is 12.6. The summed E-state index contributed by atoms with van der Waals surface area (Å²) in [5, 5.41) is 3.18. The third-order valence-corrected chi connectivity index (χ3v) is 8.20. The highest BCUT2D eigenvalue weighted by atomic mass is 32.1. The van der Waals surface area contributed by atoms with E-state index in [4.69, 9.17) is 4.74 Å². The number of ether oxygens (including phenoxy) is 1. The summed E-state index contributed by atoms with van der Waals surface area (Å²) in [6.45, 7) is 7.61. The van der Waals surface area contributed by atoms with E-state index in [0.29, 0.717) is 11.9 Å². The van der Waals surface area contributed by atoms with Gasteiger partial charge in [0.25, 0.3) is 0 Å². The number of nitrogens with zero attached hydrogens (tertiary/aromatic N) is 3. The van der Waals surface area contributed by atoms with Crippen LogP contribution in [0.2, 0.25) is 0 Å². The van der Waals surface area contributed by atoms with Gasteiger partial charge in [-0.1, -0.05) is 25.0 Å². The quantitative estimate of drug-likeness (QED) is 0.655. The zero-order chi connectivity index (χ0) is 21.4. The van der Waals surface area contributed by atoms with Gasteiger partial charge in [-0.05, 0) is 50.8 Å². The fourth-order valence-electron chi connectivity index (χ4n) is 5.90. The molecule has 3 aliphatic rings. The van der Waals surface area contributed by atoms with Crippen LogP contribution in [0.3, 0.4) is 0 Å². The highest BCUT2D eigenvalue weighted by Crippen LogP contribution is 2.51. The van der Waals surface area contributed by atoms with E-state index in [0.717, 1.165) is 43.4 Å². The molecule has 1 spiro atoms. The number of carbonyl (C=O) groups excluding carboxylic acids is 1. The van der Waals surface area contributed by atoms with Gasteiger partial charge in [0.05, 0.1) is 16.5 Å². The molecule has 2 saturated heterocycles. The van der Waals surface area contributed by atoms with Gasteiger partial charge >= 0.3 is 0 Å². The van der Waals surface area contributed by atoms with Gasteiger partial charge in [0, 0.05) is 49.7 Å². The number of likely N-dealkylation sites (tertiary alicyclic amines) is 2. The lowest BCUT2D eigenvalue weighted by Crippen LogP contribution is -2.43. The van der Waals surface area contributed by atoms with Gasteiger partial charge in [-0.15, -0.1) is 11.3 Å². The summed E-state index contributed by atoms with van der Waals surface area (Å²) < 4.78 is 5.79. The van der Waals surface area contributed by atoms with Crippen LogP contribution in [-0.2, 0) is 11.3 Å². The van der Waals surface area contributed by atoms with Crippen LogP contribution in [0.1, 0.15) is 62.4 Å². The van der Waals surface area contributed by atoms with Crippen molar-refractivity contribution in [3.8, 4) is 5.75 Å². The van der Waals surface area contributed by atoms with Gasteiger partial charge in [-0.3, -0.25) is 9.69 Å². The summed E-state index contributed by atoms with van der Waals surface area (Å²) >= 11 is 1.71. The summed E-state index contributed by atoms with van der Waals surface area (Å²) in [4.78, 5) is 23.2. The molecule has 1 aromatic carbocycles. The standard InChI is InChI=1S/C25H33N3O2S/c1-18(2)30-21-9-7-19(8-10-21)15-27-16-22(23-26-12-14-31-23)25(17-27)11-13-28(24(25)29)20-5-3-4-6-20/h7-10,12,14,18,20,22H,3-6,11,13,15-17H2,1-2H3/t22-,25-/m1/s1. The lowest BCUT2D eigenvalue weighted by molar-refractivity contribution is -0.138. The van der Waals surface area contributed by atoms with E-state index < -0.39 is 0 Å². The number of amides is 1. The molecule has 6 heteroatoms. The fraction of sp³-hybridized carbons (Fsp3) is 0.600. The van der Waals surface area contributed by atoms with Crippen molar-refractivity contribution in [1.82, 2.24) is 14.8 Å². The molecular formula is C25H33N3O2S. The zero-order valence-corrected chi connectivity index (χ0v) is 19.4. The number of hydrogen-bond donors (Lipinski definition) is 0. The molecule has 2 aromatic rings. The molecule has 31 heavy (non-hydrogen) atoms. The van der Waals surface area contributed by atoms with E-state index >= 15 is 0 Å². The molecule has 3 fully saturated rings. The molecule has 0 bridgehead atoms. The first-order valence-electron chi connectivity index (χ1n) is 11.7. The van der Waals surface area contributed by atoms with Gasteiger partial charge in [-0.2, -0.15) is 0 Å². The summed E-state index contributed by atoms with van der Waals surface area (Å²) in [6, 6.07) is 8.89. The minimum atomic E-state index is -0.304. The number of thiazole rings is 1.